The Bertz CT molecular complexity index is 603. The quantitative estimate of drug-likeness (QED) is 0.802. The van der Waals surface area contributed by atoms with Crippen LogP contribution in [0, 0.1) is 11.3 Å². The number of carbonyl (C=O) groups excluding carboxylic acids is 1. The van der Waals surface area contributed by atoms with Gasteiger partial charge in [0.2, 0.25) is 0 Å². The lowest BCUT2D eigenvalue weighted by molar-refractivity contribution is 0.102. The minimum atomic E-state index is -0.388. The molecule has 0 bridgehead atoms. The van der Waals surface area contributed by atoms with Crippen molar-refractivity contribution < 1.29 is 4.79 Å². The van der Waals surface area contributed by atoms with Gasteiger partial charge in [0.1, 0.15) is 17.3 Å². The highest BCUT2D eigenvalue weighted by Gasteiger charge is 2.13. The summed E-state index contributed by atoms with van der Waals surface area (Å²) in [6.45, 7) is 0. The molecule has 0 saturated carbocycles. The summed E-state index contributed by atoms with van der Waals surface area (Å²) in [5, 5.41) is 15.4. The molecular formula is C10H10N6O. The van der Waals surface area contributed by atoms with Crippen LogP contribution in [0.2, 0.25) is 0 Å². The average Bonchev–Trinajstić information content (AvgIpc) is 2.85. The van der Waals surface area contributed by atoms with Crippen LogP contribution in [0.25, 0.3) is 0 Å². The van der Waals surface area contributed by atoms with Crippen LogP contribution in [0.15, 0.2) is 18.7 Å². The molecule has 7 nitrogen and oxygen atoms in total. The number of hydrogen-bond acceptors (Lipinski definition) is 4. The lowest BCUT2D eigenvalue weighted by Crippen LogP contribution is -2.13. The third-order valence-corrected chi connectivity index (χ3v) is 2.12. The Balaban J connectivity index is 2.21. The molecule has 0 aromatic carbocycles. The molecule has 0 spiro atoms. The predicted octanol–water partition coefficient (Wildman–Crippen LogP) is 0.278. The van der Waals surface area contributed by atoms with Crippen molar-refractivity contribution in [2.75, 3.05) is 5.32 Å². The van der Waals surface area contributed by atoms with E-state index in [4.69, 9.17) is 5.26 Å². The van der Waals surface area contributed by atoms with Gasteiger partial charge >= 0.3 is 0 Å². The number of rotatable bonds is 2. The highest BCUT2D eigenvalue weighted by molar-refractivity contribution is 6.02. The van der Waals surface area contributed by atoms with E-state index in [1.807, 2.05) is 6.07 Å². The second-order valence-electron chi connectivity index (χ2n) is 3.56. The fourth-order valence-electron chi connectivity index (χ4n) is 1.36. The van der Waals surface area contributed by atoms with Crippen LogP contribution in [0.5, 0.6) is 0 Å². The number of amides is 1. The van der Waals surface area contributed by atoms with E-state index in [0.29, 0.717) is 5.56 Å². The largest absolute Gasteiger partial charge is 0.340 e. The van der Waals surface area contributed by atoms with Crippen LogP contribution in [-0.4, -0.2) is 25.2 Å². The monoisotopic (exact) mass is 230 g/mol. The molecule has 17 heavy (non-hydrogen) atoms. The summed E-state index contributed by atoms with van der Waals surface area (Å²) in [5.41, 5.74) is 0.596. The van der Waals surface area contributed by atoms with E-state index in [9.17, 15) is 4.79 Å². The van der Waals surface area contributed by atoms with E-state index in [-0.39, 0.29) is 17.4 Å². The molecule has 0 radical (unpaired) electrons. The van der Waals surface area contributed by atoms with Crippen molar-refractivity contribution in [1.82, 2.24) is 19.3 Å². The maximum Gasteiger partial charge on any atom is 0.277 e. The molecule has 0 aliphatic heterocycles. The fourth-order valence-corrected chi connectivity index (χ4v) is 1.36. The number of nitrogens with zero attached hydrogens (tertiary/aromatic N) is 5. The summed E-state index contributed by atoms with van der Waals surface area (Å²) >= 11 is 0. The minimum absolute atomic E-state index is 0.241. The van der Waals surface area contributed by atoms with Crippen molar-refractivity contribution >= 4 is 11.7 Å². The van der Waals surface area contributed by atoms with Crippen LogP contribution < -0.4 is 5.32 Å². The number of hydrogen-bond donors (Lipinski definition) is 1. The summed E-state index contributed by atoms with van der Waals surface area (Å²) in [5.74, 6) is -0.147. The fraction of sp³-hybridized carbons (Fsp3) is 0.200. The number of aryl methyl sites for hydroxylation is 2. The molecule has 7 heteroatoms. The third kappa shape index (κ3) is 2.15. The summed E-state index contributed by atoms with van der Waals surface area (Å²) in [7, 11) is 3.45. The number of nitriles is 1. The maximum absolute atomic E-state index is 11.8. The van der Waals surface area contributed by atoms with Crippen LogP contribution in [0.1, 0.15) is 16.1 Å². The lowest BCUT2D eigenvalue weighted by Gasteiger charge is -1.98. The molecule has 0 aliphatic carbocycles. The standard InChI is InChI=1S/C10H10N6O/c1-15-5-8(12-6-15)10(17)13-9-7(3-11)4-16(2)14-9/h4-6H,1-2H3,(H,13,14,17). The van der Waals surface area contributed by atoms with Crippen LogP contribution in [-0.2, 0) is 14.1 Å². The summed E-state index contributed by atoms with van der Waals surface area (Å²) in [6, 6.07) is 1.95. The normalized spacial score (nSPS) is 9.94. The lowest BCUT2D eigenvalue weighted by atomic mass is 10.3. The van der Waals surface area contributed by atoms with Crippen LogP contribution in [0.3, 0.4) is 0 Å². The second kappa shape index (κ2) is 4.09. The van der Waals surface area contributed by atoms with Gasteiger partial charge in [0.25, 0.3) is 5.91 Å². The molecule has 86 valence electrons. The number of imidazole rings is 1. The number of carbonyl (C=O) groups is 1. The van der Waals surface area contributed by atoms with E-state index in [1.165, 1.54) is 17.2 Å². The molecule has 0 unspecified atom stereocenters. The Morgan fingerprint density at radius 3 is 2.82 bits per heavy atom. The van der Waals surface area contributed by atoms with Gasteiger partial charge in [-0.2, -0.15) is 10.4 Å². The van der Waals surface area contributed by atoms with Crippen molar-refractivity contribution in [3.05, 3.63) is 30.0 Å². The summed E-state index contributed by atoms with van der Waals surface area (Å²) in [6.07, 6.45) is 4.65. The highest BCUT2D eigenvalue weighted by Crippen LogP contribution is 2.11. The van der Waals surface area contributed by atoms with E-state index in [2.05, 4.69) is 15.4 Å². The molecule has 2 aromatic heterocycles. The smallest absolute Gasteiger partial charge is 0.277 e. The van der Waals surface area contributed by atoms with E-state index in [0.717, 1.165) is 0 Å². The molecule has 1 amide bonds. The Kier molecular flexibility index (Phi) is 2.62. The summed E-state index contributed by atoms with van der Waals surface area (Å²) in [4.78, 5) is 15.7. The Morgan fingerprint density at radius 2 is 2.24 bits per heavy atom. The van der Waals surface area contributed by atoms with E-state index >= 15 is 0 Å². The third-order valence-electron chi connectivity index (χ3n) is 2.12. The zero-order valence-electron chi connectivity index (χ0n) is 9.38. The molecule has 0 aliphatic rings. The topological polar surface area (TPSA) is 88.5 Å². The Hall–Kier alpha value is -2.62. The van der Waals surface area contributed by atoms with Gasteiger partial charge in [0, 0.05) is 26.5 Å². The van der Waals surface area contributed by atoms with Gasteiger partial charge in [-0.3, -0.25) is 9.48 Å². The van der Waals surface area contributed by atoms with Gasteiger partial charge in [0.05, 0.1) is 6.33 Å². The maximum atomic E-state index is 11.8. The van der Waals surface area contributed by atoms with Gasteiger partial charge in [-0.1, -0.05) is 0 Å². The van der Waals surface area contributed by atoms with Gasteiger partial charge in [-0.15, -0.1) is 0 Å². The van der Waals surface area contributed by atoms with Crippen LogP contribution >= 0.6 is 0 Å². The first-order valence-electron chi connectivity index (χ1n) is 4.83. The summed E-state index contributed by atoms with van der Waals surface area (Å²) < 4.78 is 3.13. The zero-order chi connectivity index (χ0) is 12.4. The van der Waals surface area contributed by atoms with Crippen molar-refractivity contribution in [2.45, 2.75) is 0 Å². The van der Waals surface area contributed by atoms with Crippen molar-refractivity contribution in [3.63, 3.8) is 0 Å². The van der Waals surface area contributed by atoms with E-state index < -0.39 is 0 Å². The molecule has 1 N–H and O–H groups in total. The predicted molar refractivity (Wildman–Crippen MR) is 59.1 cm³/mol. The SMILES string of the molecule is Cn1cnc(C(=O)Nc2nn(C)cc2C#N)c1. The van der Waals surface area contributed by atoms with Gasteiger partial charge in [0.15, 0.2) is 5.82 Å². The number of aromatic nitrogens is 4. The van der Waals surface area contributed by atoms with Crippen molar-refractivity contribution in [1.29, 1.82) is 5.26 Å². The number of anilines is 1. The van der Waals surface area contributed by atoms with Crippen molar-refractivity contribution in [2.24, 2.45) is 14.1 Å². The first kappa shape index (κ1) is 10.9. The highest BCUT2D eigenvalue weighted by atomic mass is 16.2. The Morgan fingerprint density at radius 1 is 1.47 bits per heavy atom. The second-order valence-corrected chi connectivity index (χ2v) is 3.56. The van der Waals surface area contributed by atoms with Gasteiger partial charge in [-0.05, 0) is 0 Å². The minimum Gasteiger partial charge on any atom is -0.340 e. The van der Waals surface area contributed by atoms with Crippen molar-refractivity contribution in [3.8, 4) is 6.07 Å². The zero-order valence-corrected chi connectivity index (χ0v) is 9.38. The molecule has 2 aromatic rings. The van der Waals surface area contributed by atoms with E-state index in [1.54, 1.807) is 24.9 Å². The number of nitrogens with one attached hydrogen (secondary N) is 1. The molecular weight excluding hydrogens is 220 g/mol. The molecule has 0 atom stereocenters. The average molecular weight is 230 g/mol. The molecule has 2 rings (SSSR count). The first-order chi connectivity index (χ1) is 8.10. The van der Waals surface area contributed by atoms with Gasteiger partial charge < -0.3 is 9.88 Å². The molecule has 0 saturated heterocycles. The molecule has 0 fully saturated rings. The first-order valence-corrected chi connectivity index (χ1v) is 4.83. The van der Waals surface area contributed by atoms with Crippen LogP contribution in [0.4, 0.5) is 5.82 Å². The Labute approximate surface area is 97.3 Å². The van der Waals surface area contributed by atoms with Gasteiger partial charge in [-0.25, -0.2) is 4.98 Å². The molecule has 2 heterocycles.